The van der Waals surface area contributed by atoms with Crippen LogP contribution in [0.15, 0.2) is 36.0 Å². The molecule has 0 fully saturated rings. The van der Waals surface area contributed by atoms with Gasteiger partial charge in [0.25, 0.3) is 0 Å². The summed E-state index contributed by atoms with van der Waals surface area (Å²) in [5.41, 5.74) is -0.0444. The molecule has 0 aromatic carbocycles. The summed E-state index contributed by atoms with van der Waals surface area (Å²) in [6.07, 6.45) is 4.51. The third-order valence-electron chi connectivity index (χ3n) is 3.80. The minimum absolute atomic E-state index is 0.178. The molecule has 0 spiro atoms. The average Bonchev–Trinajstić information content (AvgIpc) is 2.34. The lowest BCUT2D eigenvalue weighted by Gasteiger charge is -2.36. The number of rotatable bonds is 4. The van der Waals surface area contributed by atoms with Crippen LogP contribution in [0, 0.1) is 5.41 Å². The predicted octanol–water partition coefficient (Wildman–Crippen LogP) is 2.73. The van der Waals surface area contributed by atoms with Crippen molar-refractivity contribution in [3.05, 3.63) is 36.0 Å². The summed E-state index contributed by atoms with van der Waals surface area (Å²) < 4.78 is 5.11. The molecule has 1 aliphatic carbocycles. The van der Waals surface area contributed by atoms with Crippen molar-refractivity contribution in [1.29, 1.82) is 0 Å². The van der Waals surface area contributed by atoms with Crippen LogP contribution in [0.1, 0.15) is 41.0 Å². The Balaban J connectivity index is 3.18. The zero-order valence-electron chi connectivity index (χ0n) is 13.4. The average molecular weight is 292 g/mol. The second-order valence-electron chi connectivity index (χ2n) is 6.35. The second kappa shape index (κ2) is 5.98. The molecule has 1 rings (SSSR count). The molecule has 4 nitrogen and oxygen atoms in total. The van der Waals surface area contributed by atoms with Crippen LogP contribution in [-0.4, -0.2) is 28.6 Å². The van der Waals surface area contributed by atoms with Gasteiger partial charge < -0.3 is 9.84 Å². The van der Waals surface area contributed by atoms with Crippen LogP contribution in [-0.2, 0) is 14.3 Å². The highest BCUT2D eigenvalue weighted by Crippen LogP contribution is 2.40. The monoisotopic (exact) mass is 292 g/mol. The first-order chi connectivity index (χ1) is 9.50. The van der Waals surface area contributed by atoms with Crippen LogP contribution in [0.2, 0.25) is 0 Å². The van der Waals surface area contributed by atoms with Crippen molar-refractivity contribution in [2.45, 2.75) is 52.7 Å². The van der Waals surface area contributed by atoms with Gasteiger partial charge in [-0.2, -0.15) is 0 Å². The predicted molar refractivity (Wildman–Crippen MR) is 81.6 cm³/mol. The Bertz CT molecular complexity index is 521. The molecular weight excluding hydrogens is 268 g/mol. The van der Waals surface area contributed by atoms with E-state index in [0.29, 0.717) is 12.0 Å². The fraction of sp³-hybridized carbons (Fsp3) is 0.529. The van der Waals surface area contributed by atoms with Crippen molar-refractivity contribution >= 4 is 11.8 Å². The van der Waals surface area contributed by atoms with E-state index in [4.69, 9.17) is 4.74 Å². The molecule has 2 unspecified atom stereocenters. The van der Waals surface area contributed by atoms with E-state index in [9.17, 15) is 14.7 Å². The van der Waals surface area contributed by atoms with Crippen molar-refractivity contribution in [2.24, 2.45) is 5.41 Å². The Morgan fingerprint density at radius 2 is 2.10 bits per heavy atom. The van der Waals surface area contributed by atoms with Gasteiger partial charge in [-0.3, -0.25) is 9.59 Å². The molecule has 0 amide bonds. The Kier molecular flexibility index (Phi) is 4.95. The number of carbonyl (C=O) groups is 2. The third kappa shape index (κ3) is 4.14. The molecule has 4 heteroatoms. The number of carbonyl (C=O) groups excluding carboxylic acids is 2. The summed E-state index contributed by atoms with van der Waals surface area (Å²) >= 11 is 0. The van der Waals surface area contributed by atoms with Crippen molar-refractivity contribution in [1.82, 2.24) is 0 Å². The standard InChI is InChI=1S/C17H24O4/c1-7-17(6,20)9-8-13-11(2)15(19)14(21-12(3)18)10-16(13,4)5/h7-9,14,20H,1,10H2,2-6H3. The topological polar surface area (TPSA) is 63.6 Å². The summed E-state index contributed by atoms with van der Waals surface area (Å²) in [6.45, 7) is 12.2. The molecule has 0 aromatic heterocycles. The van der Waals surface area contributed by atoms with Crippen LogP contribution in [0.3, 0.4) is 0 Å². The van der Waals surface area contributed by atoms with Crippen LogP contribution in [0.5, 0.6) is 0 Å². The summed E-state index contributed by atoms with van der Waals surface area (Å²) in [5.74, 6) is -0.632. The number of Topliss-reactive ketones (excluding diaryl/α,β-unsaturated/α-hetero) is 1. The highest BCUT2D eigenvalue weighted by Gasteiger charge is 2.39. The number of ether oxygens (including phenoxy) is 1. The van der Waals surface area contributed by atoms with E-state index in [1.165, 1.54) is 13.0 Å². The van der Waals surface area contributed by atoms with Gasteiger partial charge >= 0.3 is 5.97 Å². The first-order valence-corrected chi connectivity index (χ1v) is 6.98. The van der Waals surface area contributed by atoms with Gasteiger partial charge in [-0.05, 0) is 36.5 Å². The maximum Gasteiger partial charge on any atom is 0.303 e. The molecule has 1 N–H and O–H groups in total. The van der Waals surface area contributed by atoms with E-state index in [2.05, 4.69) is 6.58 Å². The molecule has 116 valence electrons. The Labute approximate surface area is 126 Å². The number of esters is 1. The summed E-state index contributed by atoms with van der Waals surface area (Å²) in [5, 5.41) is 9.97. The Morgan fingerprint density at radius 1 is 1.52 bits per heavy atom. The van der Waals surface area contributed by atoms with Crippen molar-refractivity contribution in [2.75, 3.05) is 0 Å². The van der Waals surface area contributed by atoms with Gasteiger partial charge in [0.15, 0.2) is 11.9 Å². The van der Waals surface area contributed by atoms with Gasteiger partial charge in [-0.1, -0.05) is 32.6 Å². The van der Waals surface area contributed by atoms with Crippen molar-refractivity contribution in [3.63, 3.8) is 0 Å². The van der Waals surface area contributed by atoms with E-state index >= 15 is 0 Å². The number of ketones is 1. The van der Waals surface area contributed by atoms with Crippen LogP contribution < -0.4 is 0 Å². The molecule has 0 aromatic rings. The van der Waals surface area contributed by atoms with Gasteiger partial charge in [-0.25, -0.2) is 0 Å². The van der Waals surface area contributed by atoms with Gasteiger partial charge in [-0.15, -0.1) is 0 Å². The molecule has 0 saturated carbocycles. The Morgan fingerprint density at radius 3 is 2.57 bits per heavy atom. The summed E-state index contributed by atoms with van der Waals surface area (Å²) in [6, 6.07) is 0. The largest absolute Gasteiger partial charge is 0.454 e. The molecule has 0 radical (unpaired) electrons. The lowest BCUT2D eigenvalue weighted by Crippen LogP contribution is -2.38. The maximum atomic E-state index is 12.3. The molecule has 0 heterocycles. The zero-order chi connectivity index (χ0) is 16.4. The minimum atomic E-state index is -1.13. The van der Waals surface area contributed by atoms with E-state index in [1.54, 1.807) is 26.0 Å². The van der Waals surface area contributed by atoms with Crippen molar-refractivity contribution < 1.29 is 19.4 Å². The molecule has 21 heavy (non-hydrogen) atoms. The van der Waals surface area contributed by atoms with E-state index < -0.39 is 17.7 Å². The SMILES string of the molecule is C=CC(C)(O)C=CC1=C(C)C(=O)C(OC(C)=O)CC1(C)C. The van der Waals surface area contributed by atoms with Crippen LogP contribution in [0.25, 0.3) is 0 Å². The number of aliphatic hydroxyl groups is 1. The summed E-state index contributed by atoms with van der Waals surface area (Å²) in [7, 11) is 0. The van der Waals surface area contributed by atoms with Gasteiger partial charge in [0.1, 0.15) is 0 Å². The minimum Gasteiger partial charge on any atom is -0.454 e. The first kappa shape index (κ1) is 17.4. The smallest absolute Gasteiger partial charge is 0.303 e. The van der Waals surface area contributed by atoms with E-state index in [0.717, 1.165) is 5.57 Å². The van der Waals surface area contributed by atoms with E-state index in [1.807, 2.05) is 13.8 Å². The zero-order valence-corrected chi connectivity index (χ0v) is 13.4. The normalized spacial score (nSPS) is 24.9. The van der Waals surface area contributed by atoms with Crippen LogP contribution in [0.4, 0.5) is 0 Å². The van der Waals surface area contributed by atoms with Gasteiger partial charge in [0.05, 0.1) is 5.60 Å². The maximum absolute atomic E-state index is 12.3. The molecule has 0 aliphatic heterocycles. The molecule has 0 bridgehead atoms. The number of hydrogen-bond donors (Lipinski definition) is 1. The molecular formula is C17H24O4. The quantitative estimate of drug-likeness (QED) is 0.639. The molecule has 2 atom stereocenters. The third-order valence-corrected chi connectivity index (χ3v) is 3.80. The fourth-order valence-electron chi connectivity index (χ4n) is 2.51. The van der Waals surface area contributed by atoms with E-state index in [-0.39, 0.29) is 11.2 Å². The lowest BCUT2D eigenvalue weighted by atomic mass is 9.70. The first-order valence-electron chi connectivity index (χ1n) is 6.98. The highest BCUT2D eigenvalue weighted by atomic mass is 16.5. The van der Waals surface area contributed by atoms with Gasteiger partial charge in [0.2, 0.25) is 0 Å². The Hall–Kier alpha value is -1.68. The molecule has 0 saturated heterocycles. The highest BCUT2D eigenvalue weighted by molar-refractivity contribution is 6.01. The van der Waals surface area contributed by atoms with Crippen LogP contribution >= 0.6 is 0 Å². The van der Waals surface area contributed by atoms with Gasteiger partial charge in [0, 0.05) is 13.3 Å². The number of hydrogen-bond acceptors (Lipinski definition) is 4. The number of allylic oxidation sites excluding steroid dienone is 2. The molecule has 1 aliphatic rings. The van der Waals surface area contributed by atoms with Crippen molar-refractivity contribution in [3.8, 4) is 0 Å². The second-order valence-corrected chi connectivity index (χ2v) is 6.35. The fourth-order valence-corrected chi connectivity index (χ4v) is 2.51. The lowest BCUT2D eigenvalue weighted by molar-refractivity contribution is -0.153. The summed E-state index contributed by atoms with van der Waals surface area (Å²) in [4.78, 5) is 23.4.